The predicted molar refractivity (Wildman–Crippen MR) is 107 cm³/mol. The van der Waals surface area contributed by atoms with Gasteiger partial charge in [0.1, 0.15) is 17.7 Å². The number of carbonyl (C=O) groups is 1. The minimum absolute atomic E-state index is 0.188. The van der Waals surface area contributed by atoms with Crippen molar-refractivity contribution in [2.75, 3.05) is 0 Å². The van der Waals surface area contributed by atoms with Gasteiger partial charge in [-0.1, -0.05) is 60.7 Å². The van der Waals surface area contributed by atoms with E-state index in [2.05, 4.69) is 10.3 Å². The number of rotatable bonds is 5. The van der Waals surface area contributed by atoms with Crippen LogP contribution in [0.25, 0.3) is 10.8 Å². The number of carbonyl (C=O) groups excluding carboxylic acids is 1. The van der Waals surface area contributed by atoms with E-state index in [1.165, 1.54) is 6.07 Å². The summed E-state index contributed by atoms with van der Waals surface area (Å²) < 4.78 is 16.2. The summed E-state index contributed by atoms with van der Waals surface area (Å²) in [5.41, 5.74) is 1.30. The number of hydrogen-bond acceptors (Lipinski definition) is 2. The van der Waals surface area contributed by atoms with E-state index in [1.807, 2.05) is 49.5 Å². The molecule has 4 aromatic rings. The third kappa shape index (κ3) is 3.64. The smallest absolute Gasteiger partial charge is 0.225 e. The number of nitrogens with zero attached hydrogens (tertiary/aromatic N) is 2. The van der Waals surface area contributed by atoms with Crippen LogP contribution >= 0.6 is 0 Å². The lowest BCUT2D eigenvalue weighted by molar-refractivity contribution is -0.121. The second kappa shape index (κ2) is 7.64. The first-order valence-corrected chi connectivity index (χ1v) is 9.10. The number of amides is 1. The fraction of sp³-hybridized carbons (Fsp3) is 0.130. The molecular formula is C23H20FN3O. The molecule has 0 saturated heterocycles. The molecule has 0 radical (unpaired) electrons. The molecule has 1 heterocycles. The number of imidazole rings is 1. The van der Waals surface area contributed by atoms with E-state index < -0.39 is 6.04 Å². The van der Waals surface area contributed by atoms with Gasteiger partial charge in [-0.3, -0.25) is 4.79 Å². The van der Waals surface area contributed by atoms with Gasteiger partial charge in [0.15, 0.2) is 0 Å². The van der Waals surface area contributed by atoms with E-state index in [1.54, 1.807) is 35.2 Å². The van der Waals surface area contributed by atoms with Gasteiger partial charge in [0.2, 0.25) is 5.91 Å². The summed E-state index contributed by atoms with van der Waals surface area (Å²) in [6.07, 6.45) is 3.62. The van der Waals surface area contributed by atoms with E-state index in [4.69, 9.17) is 0 Å². The number of hydrogen-bond donors (Lipinski definition) is 1. The van der Waals surface area contributed by atoms with Crippen LogP contribution in [0.4, 0.5) is 4.39 Å². The zero-order chi connectivity index (χ0) is 19.5. The third-order valence-corrected chi connectivity index (χ3v) is 4.82. The Morgan fingerprint density at radius 1 is 1.07 bits per heavy atom. The minimum atomic E-state index is -0.658. The molecule has 4 nitrogen and oxygen atoms in total. The second-order valence-electron chi connectivity index (χ2n) is 6.78. The monoisotopic (exact) mass is 373 g/mol. The third-order valence-electron chi connectivity index (χ3n) is 4.82. The highest BCUT2D eigenvalue weighted by molar-refractivity contribution is 5.85. The first-order chi connectivity index (χ1) is 13.6. The molecule has 28 heavy (non-hydrogen) atoms. The summed E-state index contributed by atoms with van der Waals surface area (Å²) in [4.78, 5) is 17.1. The fourth-order valence-electron chi connectivity index (χ4n) is 3.39. The molecule has 1 amide bonds. The molecule has 3 aromatic carbocycles. The number of benzene rings is 3. The molecular weight excluding hydrogens is 353 g/mol. The van der Waals surface area contributed by atoms with Gasteiger partial charge in [-0.2, -0.15) is 0 Å². The van der Waals surface area contributed by atoms with Crippen molar-refractivity contribution in [2.45, 2.75) is 12.5 Å². The van der Waals surface area contributed by atoms with E-state index in [0.717, 1.165) is 16.3 Å². The van der Waals surface area contributed by atoms with Crippen molar-refractivity contribution in [1.82, 2.24) is 14.9 Å². The second-order valence-corrected chi connectivity index (χ2v) is 6.78. The van der Waals surface area contributed by atoms with Crippen LogP contribution in [0.1, 0.15) is 23.0 Å². The highest BCUT2D eigenvalue weighted by atomic mass is 19.1. The number of aryl methyl sites for hydroxylation is 1. The van der Waals surface area contributed by atoms with E-state index in [-0.39, 0.29) is 18.1 Å². The van der Waals surface area contributed by atoms with Crippen molar-refractivity contribution in [3.63, 3.8) is 0 Å². The van der Waals surface area contributed by atoms with Crippen LogP contribution in [-0.2, 0) is 18.3 Å². The highest BCUT2D eigenvalue weighted by Gasteiger charge is 2.23. The van der Waals surface area contributed by atoms with Crippen LogP contribution in [0.15, 0.2) is 79.1 Å². The SMILES string of the molecule is Cn1ccnc1C(NC(=O)Cc1ccc2ccccc2c1)c1ccccc1F. The zero-order valence-corrected chi connectivity index (χ0v) is 15.5. The molecule has 1 aromatic heterocycles. The number of nitrogens with one attached hydrogen (secondary N) is 1. The van der Waals surface area contributed by atoms with Crippen LogP contribution in [0.5, 0.6) is 0 Å². The fourth-order valence-corrected chi connectivity index (χ4v) is 3.39. The molecule has 140 valence electrons. The first-order valence-electron chi connectivity index (χ1n) is 9.10. The minimum Gasteiger partial charge on any atom is -0.342 e. The summed E-state index contributed by atoms with van der Waals surface area (Å²) in [6, 6.07) is 19.8. The van der Waals surface area contributed by atoms with Crippen molar-refractivity contribution >= 4 is 16.7 Å². The zero-order valence-electron chi connectivity index (χ0n) is 15.5. The van der Waals surface area contributed by atoms with Gasteiger partial charge in [-0.25, -0.2) is 9.37 Å². The largest absolute Gasteiger partial charge is 0.342 e. The molecule has 0 aliphatic rings. The van der Waals surface area contributed by atoms with Crippen LogP contribution in [0.3, 0.4) is 0 Å². The molecule has 1 atom stereocenters. The Bertz CT molecular complexity index is 1140. The Labute approximate surface area is 162 Å². The van der Waals surface area contributed by atoms with Crippen molar-refractivity contribution in [1.29, 1.82) is 0 Å². The lowest BCUT2D eigenvalue weighted by atomic mass is 10.0. The van der Waals surface area contributed by atoms with Crippen molar-refractivity contribution in [3.05, 3.63) is 102 Å². The van der Waals surface area contributed by atoms with Gasteiger partial charge in [0.25, 0.3) is 0 Å². The van der Waals surface area contributed by atoms with E-state index in [9.17, 15) is 9.18 Å². The molecule has 4 rings (SSSR count). The number of halogens is 1. The summed E-state index contributed by atoms with van der Waals surface area (Å²) >= 11 is 0. The van der Waals surface area contributed by atoms with E-state index >= 15 is 0 Å². The number of fused-ring (bicyclic) bond motifs is 1. The Morgan fingerprint density at radius 2 is 1.82 bits per heavy atom. The Hall–Kier alpha value is -3.47. The molecule has 5 heteroatoms. The average molecular weight is 373 g/mol. The van der Waals surface area contributed by atoms with Crippen LogP contribution in [-0.4, -0.2) is 15.5 Å². The highest BCUT2D eigenvalue weighted by Crippen LogP contribution is 2.23. The maximum Gasteiger partial charge on any atom is 0.225 e. The molecule has 0 aliphatic heterocycles. The molecule has 0 aliphatic carbocycles. The standard InChI is InChI=1S/C23H20FN3O/c1-27-13-12-25-23(27)22(19-8-4-5-9-20(19)24)26-21(28)15-16-10-11-17-6-2-3-7-18(17)14-16/h2-14,22H,15H2,1H3,(H,26,28). The summed E-state index contributed by atoms with van der Waals surface area (Å²) in [6.45, 7) is 0. The maximum absolute atomic E-state index is 14.4. The summed E-state index contributed by atoms with van der Waals surface area (Å²) in [5, 5.41) is 5.17. The molecule has 0 fully saturated rings. The van der Waals surface area contributed by atoms with Crippen molar-refractivity contribution in [2.24, 2.45) is 7.05 Å². The Morgan fingerprint density at radius 3 is 2.57 bits per heavy atom. The normalized spacial score (nSPS) is 12.1. The lowest BCUT2D eigenvalue weighted by Gasteiger charge is -2.20. The van der Waals surface area contributed by atoms with Gasteiger partial charge in [0, 0.05) is 25.0 Å². The van der Waals surface area contributed by atoms with Crippen LogP contribution in [0, 0.1) is 5.82 Å². The molecule has 1 N–H and O–H groups in total. The topological polar surface area (TPSA) is 46.9 Å². The molecule has 0 bridgehead atoms. The quantitative estimate of drug-likeness (QED) is 0.571. The van der Waals surface area contributed by atoms with Crippen molar-refractivity contribution in [3.8, 4) is 0 Å². The van der Waals surface area contributed by atoms with E-state index in [0.29, 0.717) is 11.4 Å². The average Bonchev–Trinajstić information content (AvgIpc) is 3.12. The molecule has 0 saturated carbocycles. The summed E-state index contributed by atoms with van der Waals surface area (Å²) in [5.74, 6) is 0.0185. The van der Waals surface area contributed by atoms with Gasteiger partial charge in [-0.15, -0.1) is 0 Å². The lowest BCUT2D eigenvalue weighted by Crippen LogP contribution is -2.32. The molecule has 0 spiro atoms. The Kier molecular flexibility index (Phi) is 4.89. The Balaban J connectivity index is 1.60. The summed E-state index contributed by atoms with van der Waals surface area (Å²) in [7, 11) is 1.83. The van der Waals surface area contributed by atoms with Gasteiger partial charge in [0.05, 0.1) is 6.42 Å². The molecule has 1 unspecified atom stereocenters. The first kappa shape index (κ1) is 17.9. The maximum atomic E-state index is 14.4. The van der Waals surface area contributed by atoms with Crippen molar-refractivity contribution < 1.29 is 9.18 Å². The van der Waals surface area contributed by atoms with Crippen LogP contribution < -0.4 is 5.32 Å². The van der Waals surface area contributed by atoms with Crippen LogP contribution in [0.2, 0.25) is 0 Å². The van der Waals surface area contributed by atoms with Gasteiger partial charge in [-0.05, 0) is 22.4 Å². The van der Waals surface area contributed by atoms with Gasteiger partial charge < -0.3 is 9.88 Å². The number of aromatic nitrogens is 2. The van der Waals surface area contributed by atoms with Gasteiger partial charge >= 0.3 is 0 Å². The predicted octanol–water partition coefficient (Wildman–Crippen LogP) is 4.16.